The Kier molecular flexibility index (Phi) is 3.89. The second kappa shape index (κ2) is 4.97. The van der Waals surface area contributed by atoms with Gasteiger partial charge < -0.3 is 0 Å². The molecular formula is C8H10O4Se. The summed E-state index contributed by atoms with van der Waals surface area (Å²) in [6.45, 7) is 0.0556. The Bertz CT molecular complexity index is 280. The number of carbonyl (C=O) groups is 2. The van der Waals surface area contributed by atoms with Gasteiger partial charge in [-0.1, -0.05) is 0 Å². The van der Waals surface area contributed by atoms with Crippen molar-refractivity contribution < 1.29 is 19.4 Å². The average Bonchev–Trinajstić information content (AvgIpc) is 2.52. The molecule has 0 atom stereocenters. The SMILES string of the molecule is O=CC1=CC=C(COCC(=O)O)[SeH2]1. The van der Waals surface area contributed by atoms with Crippen molar-refractivity contribution in [2.45, 2.75) is 0 Å². The van der Waals surface area contributed by atoms with Gasteiger partial charge in [0.15, 0.2) is 0 Å². The molecule has 0 fully saturated rings. The van der Waals surface area contributed by atoms with Crippen molar-refractivity contribution in [3.63, 3.8) is 0 Å². The number of ether oxygens (including phenoxy) is 1. The average molecular weight is 249 g/mol. The number of aldehydes is 1. The minimum absolute atomic E-state index is 0.278. The van der Waals surface area contributed by atoms with E-state index in [0.29, 0.717) is 6.61 Å². The second-order valence-corrected chi connectivity index (χ2v) is 5.53. The van der Waals surface area contributed by atoms with Crippen LogP contribution in [0.2, 0.25) is 0 Å². The number of carboxylic acid groups (broad SMARTS) is 1. The van der Waals surface area contributed by atoms with E-state index >= 15 is 0 Å². The number of hydrogen-bond donors (Lipinski definition) is 1. The summed E-state index contributed by atoms with van der Waals surface area (Å²) in [7, 11) is 0. The summed E-state index contributed by atoms with van der Waals surface area (Å²) in [6, 6.07) is 0. The molecule has 1 rings (SSSR count). The van der Waals surface area contributed by atoms with Crippen molar-refractivity contribution in [1.29, 1.82) is 0 Å². The van der Waals surface area contributed by atoms with E-state index < -0.39 is 20.9 Å². The van der Waals surface area contributed by atoms with Gasteiger partial charge in [-0.15, -0.1) is 0 Å². The first-order valence-electron chi connectivity index (χ1n) is 3.65. The van der Waals surface area contributed by atoms with Gasteiger partial charge in [0.05, 0.1) is 0 Å². The Morgan fingerprint density at radius 1 is 1.62 bits per heavy atom. The van der Waals surface area contributed by atoms with Crippen LogP contribution >= 0.6 is 0 Å². The fourth-order valence-corrected chi connectivity index (χ4v) is 2.83. The van der Waals surface area contributed by atoms with Gasteiger partial charge in [0.1, 0.15) is 0 Å². The van der Waals surface area contributed by atoms with E-state index in [2.05, 4.69) is 0 Å². The standard InChI is InChI=1S/C8H10O4Se/c9-3-6-1-2-7(13-6)4-12-5-8(10)11/h1-3H,4-5,13H2,(H,10,11). The molecule has 0 bridgehead atoms. The molecule has 0 aromatic rings. The van der Waals surface area contributed by atoms with Gasteiger partial charge in [-0.05, 0) is 0 Å². The van der Waals surface area contributed by atoms with E-state index in [4.69, 9.17) is 9.84 Å². The molecule has 0 spiro atoms. The third-order valence-corrected chi connectivity index (χ3v) is 3.91. The molecule has 1 aliphatic rings. The molecule has 0 aromatic heterocycles. The molecule has 0 aliphatic carbocycles. The Morgan fingerprint density at radius 3 is 2.92 bits per heavy atom. The summed E-state index contributed by atoms with van der Waals surface area (Å²) >= 11 is -0.516. The zero-order valence-electron chi connectivity index (χ0n) is 6.82. The maximum absolute atomic E-state index is 10.3. The number of hydrogen-bond acceptors (Lipinski definition) is 3. The van der Waals surface area contributed by atoms with Crippen LogP contribution in [-0.2, 0) is 14.3 Å². The van der Waals surface area contributed by atoms with Gasteiger partial charge in [0, 0.05) is 0 Å². The van der Waals surface area contributed by atoms with Gasteiger partial charge in [-0.2, -0.15) is 0 Å². The van der Waals surface area contributed by atoms with Gasteiger partial charge >= 0.3 is 81.0 Å². The number of carboxylic acids is 1. The Morgan fingerprint density at radius 2 is 2.38 bits per heavy atom. The van der Waals surface area contributed by atoms with E-state index in [1.807, 2.05) is 6.08 Å². The number of rotatable bonds is 5. The van der Waals surface area contributed by atoms with Gasteiger partial charge in [-0.25, -0.2) is 0 Å². The number of carbonyl (C=O) groups excluding carboxylic acids is 1. The first kappa shape index (κ1) is 10.2. The number of aliphatic carboxylic acids is 1. The van der Waals surface area contributed by atoms with Crippen molar-refractivity contribution in [2.75, 3.05) is 13.2 Å². The molecule has 0 aromatic carbocycles. The van der Waals surface area contributed by atoms with E-state index in [1.54, 1.807) is 6.08 Å². The minimum atomic E-state index is -0.970. The Balaban J connectivity index is 2.20. The fraction of sp³-hybridized carbons (Fsp3) is 0.250. The van der Waals surface area contributed by atoms with Crippen LogP contribution in [0, 0.1) is 0 Å². The van der Waals surface area contributed by atoms with Crippen LogP contribution in [0.5, 0.6) is 0 Å². The summed E-state index contributed by atoms with van der Waals surface area (Å²) < 4.78 is 6.77. The van der Waals surface area contributed by atoms with Crippen LogP contribution < -0.4 is 0 Å². The molecule has 72 valence electrons. The van der Waals surface area contributed by atoms with Crippen LogP contribution in [0.1, 0.15) is 0 Å². The van der Waals surface area contributed by atoms with Crippen LogP contribution in [-0.4, -0.2) is 45.5 Å². The van der Waals surface area contributed by atoms with Crippen molar-refractivity contribution in [2.24, 2.45) is 0 Å². The Labute approximate surface area is 81.4 Å². The quantitative estimate of drug-likeness (QED) is 0.513. The normalized spacial score (nSPS) is 18.2. The summed E-state index contributed by atoms with van der Waals surface area (Å²) in [5, 5.41) is 8.28. The van der Waals surface area contributed by atoms with E-state index in [0.717, 1.165) is 15.2 Å². The molecule has 0 saturated heterocycles. The third-order valence-electron chi connectivity index (χ3n) is 1.38. The maximum atomic E-state index is 10.3. The molecule has 1 heterocycles. The number of allylic oxidation sites excluding steroid dienone is 3. The molecule has 0 unspecified atom stereocenters. The summed E-state index contributed by atoms with van der Waals surface area (Å²) in [6.07, 6.45) is 4.46. The predicted molar refractivity (Wildman–Crippen MR) is 49.2 cm³/mol. The van der Waals surface area contributed by atoms with E-state index in [1.165, 1.54) is 0 Å². The molecule has 1 aliphatic heterocycles. The van der Waals surface area contributed by atoms with Gasteiger partial charge in [-0.3, -0.25) is 0 Å². The molecule has 1 N–H and O–H groups in total. The zero-order chi connectivity index (χ0) is 9.68. The first-order chi connectivity index (χ1) is 6.22. The third kappa shape index (κ3) is 3.55. The summed E-state index contributed by atoms with van der Waals surface area (Å²) in [5.74, 6) is -0.970. The van der Waals surface area contributed by atoms with Crippen molar-refractivity contribution in [1.82, 2.24) is 0 Å². The molecule has 4 nitrogen and oxygen atoms in total. The topological polar surface area (TPSA) is 63.6 Å². The van der Waals surface area contributed by atoms with E-state index in [9.17, 15) is 9.59 Å². The molecule has 0 amide bonds. The van der Waals surface area contributed by atoms with Crippen molar-refractivity contribution >= 4 is 27.2 Å². The van der Waals surface area contributed by atoms with Gasteiger partial charge in [0.25, 0.3) is 0 Å². The van der Waals surface area contributed by atoms with Crippen molar-refractivity contribution in [3.8, 4) is 0 Å². The molecule has 0 saturated carbocycles. The van der Waals surface area contributed by atoms with Crippen LogP contribution in [0.15, 0.2) is 21.1 Å². The monoisotopic (exact) mass is 250 g/mol. The van der Waals surface area contributed by atoms with Crippen LogP contribution in [0.3, 0.4) is 0 Å². The zero-order valence-corrected chi connectivity index (χ0v) is 8.92. The molecular weight excluding hydrogens is 239 g/mol. The van der Waals surface area contributed by atoms with Gasteiger partial charge in [0.2, 0.25) is 0 Å². The molecule has 5 heteroatoms. The molecule has 0 radical (unpaired) electrons. The van der Waals surface area contributed by atoms with E-state index in [-0.39, 0.29) is 6.61 Å². The first-order valence-corrected chi connectivity index (χ1v) is 5.75. The van der Waals surface area contributed by atoms with Crippen molar-refractivity contribution in [3.05, 3.63) is 21.1 Å². The summed E-state index contributed by atoms with van der Waals surface area (Å²) in [4.78, 5) is 20.4. The second-order valence-electron chi connectivity index (χ2n) is 2.44. The summed E-state index contributed by atoms with van der Waals surface area (Å²) in [5.41, 5.74) is 0. The fourth-order valence-electron chi connectivity index (χ4n) is 0.860. The predicted octanol–water partition coefficient (Wildman–Crippen LogP) is -0.763. The van der Waals surface area contributed by atoms with Crippen LogP contribution in [0.25, 0.3) is 0 Å². The Hall–Kier alpha value is -0.901. The molecule has 13 heavy (non-hydrogen) atoms. The van der Waals surface area contributed by atoms with Crippen LogP contribution in [0.4, 0.5) is 0 Å².